The molecule has 0 radical (unpaired) electrons. The topological polar surface area (TPSA) is 77.2 Å². The number of aryl methyl sites for hydroxylation is 1. The second-order valence-electron chi connectivity index (χ2n) is 3.78. The molecule has 0 aliphatic rings. The lowest BCUT2D eigenvalue weighted by Crippen LogP contribution is -2.27. The molecule has 1 aromatic heterocycles. The SMILES string of the molecule is CCN(CC(C)C#N)c1nc(C)c(C(=O)O)s1. The van der Waals surface area contributed by atoms with Crippen LogP contribution >= 0.6 is 11.3 Å². The van der Waals surface area contributed by atoms with Gasteiger partial charge in [0.25, 0.3) is 0 Å². The standard InChI is InChI=1S/C11H15N3O2S/c1-4-14(6-7(2)5-12)11-13-8(3)9(17-11)10(15)16/h7H,4,6H2,1-3H3,(H,15,16). The largest absolute Gasteiger partial charge is 0.477 e. The third kappa shape index (κ3) is 3.17. The van der Waals surface area contributed by atoms with Gasteiger partial charge in [-0.05, 0) is 20.8 Å². The Kier molecular flexibility index (Phi) is 4.46. The van der Waals surface area contributed by atoms with E-state index in [-0.39, 0.29) is 10.8 Å². The molecule has 0 saturated heterocycles. The normalized spacial score (nSPS) is 11.9. The van der Waals surface area contributed by atoms with E-state index in [4.69, 9.17) is 10.4 Å². The number of aromatic carboxylic acids is 1. The van der Waals surface area contributed by atoms with Crippen LogP contribution in [-0.4, -0.2) is 29.1 Å². The molecule has 5 nitrogen and oxygen atoms in total. The molecule has 0 bridgehead atoms. The third-order valence-electron chi connectivity index (χ3n) is 2.35. The lowest BCUT2D eigenvalue weighted by atomic mass is 10.2. The molecule has 1 aromatic rings. The molecule has 0 aromatic carbocycles. The van der Waals surface area contributed by atoms with Gasteiger partial charge in [-0.3, -0.25) is 0 Å². The van der Waals surface area contributed by atoms with Crippen molar-refractivity contribution in [2.45, 2.75) is 20.8 Å². The molecule has 0 saturated carbocycles. The zero-order valence-corrected chi connectivity index (χ0v) is 10.9. The Hall–Kier alpha value is -1.61. The molecule has 6 heteroatoms. The number of nitrogens with zero attached hydrogens (tertiary/aromatic N) is 3. The second-order valence-corrected chi connectivity index (χ2v) is 4.76. The fourth-order valence-electron chi connectivity index (χ4n) is 1.43. The maximum Gasteiger partial charge on any atom is 0.347 e. The first-order valence-electron chi connectivity index (χ1n) is 5.34. The first-order chi connectivity index (χ1) is 7.99. The Morgan fingerprint density at radius 1 is 1.71 bits per heavy atom. The van der Waals surface area contributed by atoms with Crippen LogP contribution < -0.4 is 4.90 Å². The first-order valence-corrected chi connectivity index (χ1v) is 6.16. The lowest BCUT2D eigenvalue weighted by molar-refractivity contribution is 0.0701. The summed E-state index contributed by atoms with van der Waals surface area (Å²) in [7, 11) is 0. The number of carboxylic acid groups (broad SMARTS) is 1. The maximum atomic E-state index is 10.9. The molecular weight excluding hydrogens is 238 g/mol. The predicted octanol–water partition coefficient (Wildman–Crippen LogP) is 2.14. The van der Waals surface area contributed by atoms with Gasteiger partial charge in [0.2, 0.25) is 0 Å². The summed E-state index contributed by atoms with van der Waals surface area (Å²) in [5.74, 6) is -1.05. The van der Waals surface area contributed by atoms with Gasteiger partial charge in [0, 0.05) is 13.1 Å². The number of thiazole rings is 1. The Morgan fingerprint density at radius 3 is 2.76 bits per heavy atom. The van der Waals surface area contributed by atoms with Crippen LogP contribution in [0.1, 0.15) is 29.2 Å². The fraction of sp³-hybridized carbons (Fsp3) is 0.545. The summed E-state index contributed by atoms with van der Waals surface area (Å²) >= 11 is 1.16. The van der Waals surface area contributed by atoms with Crippen molar-refractivity contribution in [1.29, 1.82) is 5.26 Å². The summed E-state index contributed by atoms with van der Waals surface area (Å²) in [6.07, 6.45) is 0. The Morgan fingerprint density at radius 2 is 2.35 bits per heavy atom. The average molecular weight is 253 g/mol. The van der Waals surface area contributed by atoms with E-state index in [1.54, 1.807) is 6.92 Å². The van der Waals surface area contributed by atoms with Crippen molar-refractivity contribution in [2.24, 2.45) is 5.92 Å². The van der Waals surface area contributed by atoms with Gasteiger partial charge in [-0.1, -0.05) is 11.3 Å². The highest BCUT2D eigenvalue weighted by Gasteiger charge is 2.18. The van der Waals surface area contributed by atoms with Gasteiger partial charge in [-0.15, -0.1) is 0 Å². The summed E-state index contributed by atoms with van der Waals surface area (Å²) in [6, 6.07) is 2.16. The minimum Gasteiger partial charge on any atom is -0.477 e. The van der Waals surface area contributed by atoms with Gasteiger partial charge in [0.1, 0.15) is 4.88 Å². The molecule has 1 rings (SSSR count). The predicted molar refractivity (Wildman–Crippen MR) is 66.5 cm³/mol. The number of hydrogen-bond acceptors (Lipinski definition) is 5. The van der Waals surface area contributed by atoms with Crippen molar-refractivity contribution in [2.75, 3.05) is 18.0 Å². The van der Waals surface area contributed by atoms with Crippen LogP contribution in [0.5, 0.6) is 0 Å². The number of anilines is 1. The molecule has 0 spiro atoms. The Labute approximate surface area is 104 Å². The van der Waals surface area contributed by atoms with Crippen LogP contribution in [0.4, 0.5) is 5.13 Å². The van der Waals surface area contributed by atoms with Crippen LogP contribution in [0, 0.1) is 24.2 Å². The number of carboxylic acids is 1. The number of hydrogen-bond donors (Lipinski definition) is 1. The van der Waals surface area contributed by atoms with Gasteiger partial charge in [0.05, 0.1) is 17.7 Å². The molecule has 92 valence electrons. The molecule has 0 aliphatic carbocycles. The molecular formula is C11H15N3O2S. The second kappa shape index (κ2) is 5.64. The summed E-state index contributed by atoms with van der Waals surface area (Å²) < 4.78 is 0. The first kappa shape index (κ1) is 13.5. The number of aromatic nitrogens is 1. The fourth-order valence-corrected chi connectivity index (χ4v) is 2.41. The van der Waals surface area contributed by atoms with Gasteiger partial charge >= 0.3 is 5.97 Å². The molecule has 0 aliphatic heterocycles. The van der Waals surface area contributed by atoms with Crippen molar-refractivity contribution in [3.05, 3.63) is 10.6 Å². The van der Waals surface area contributed by atoms with E-state index in [0.717, 1.165) is 11.3 Å². The van der Waals surface area contributed by atoms with Crippen LogP contribution in [0.15, 0.2) is 0 Å². The zero-order chi connectivity index (χ0) is 13.0. The van der Waals surface area contributed by atoms with Crippen molar-refractivity contribution in [1.82, 2.24) is 4.98 Å². The maximum absolute atomic E-state index is 10.9. The molecule has 1 unspecified atom stereocenters. The molecule has 1 N–H and O–H groups in total. The smallest absolute Gasteiger partial charge is 0.347 e. The van der Waals surface area contributed by atoms with Crippen LogP contribution in [-0.2, 0) is 0 Å². The zero-order valence-electron chi connectivity index (χ0n) is 10.1. The van der Waals surface area contributed by atoms with Crippen molar-refractivity contribution >= 4 is 22.4 Å². The molecule has 0 amide bonds. The monoisotopic (exact) mass is 253 g/mol. The number of rotatable bonds is 5. The summed E-state index contributed by atoms with van der Waals surface area (Å²) in [4.78, 5) is 17.4. The third-order valence-corrected chi connectivity index (χ3v) is 3.55. The van der Waals surface area contributed by atoms with Gasteiger partial charge in [0.15, 0.2) is 5.13 Å². The van der Waals surface area contributed by atoms with E-state index in [0.29, 0.717) is 23.9 Å². The van der Waals surface area contributed by atoms with Gasteiger partial charge in [-0.2, -0.15) is 5.26 Å². The van der Waals surface area contributed by atoms with Crippen LogP contribution in [0.2, 0.25) is 0 Å². The summed E-state index contributed by atoms with van der Waals surface area (Å²) in [6.45, 7) is 6.75. The molecule has 1 atom stereocenters. The number of nitriles is 1. The summed E-state index contributed by atoms with van der Waals surface area (Å²) in [5, 5.41) is 18.4. The highest BCUT2D eigenvalue weighted by Crippen LogP contribution is 2.26. The Bertz CT molecular complexity index is 450. The van der Waals surface area contributed by atoms with E-state index in [2.05, 4.69) is 11.1 Å². The van der Waals surface area contributed by atoms with Crippen LogP contribution in [0.25, 0.3) is 0 Å². The Balaban J connectivity index is 2.94. The van der Waals surface area contributed by atoms with Crippen molar-refractivity contribution in [3.8, 4) is 6.07 Å². The average Bonchev–Trinajstić information content (AvgIpc) is 2.67. The highest BCUT2D eigenvalue weighted by molar-refractivity contribution is 7.17. The van der Waals surface area contributed by atoms with E-state index in [1.807, 2.05) is 18.7 Å². The number of carbonyl (C=O) groups is 1. The molecule has 0 fully saturated rings. The van der Waals surface area contributed by atoms with Crippen LogP contribution in [0.3, 0.4) is 0 Å². The van der Waals surface area contributed by atoms with Crippen molar-refractivity contribution < 1.29 is 9.90 Å². The van der Waals surface area contributed by atoms with Crippen molar-refractivity contribution in [3.63, 3.8) is 0 Å². The lowest BCUT2D eigenvalue weighted by Gasteiger charge is -2.20. The van der Waals surface area contributed by atoms with Gasteiger partial charge < -0.3 is 10.0 Å². The van der Waals surface area contributed by atoms with E-state index in [9.17, 15) is 4.79 Å². The van der Waals surface area contributed by atoms with E-state index < -0.39 is 5.97 Å². The highest BCUT2D eigenvalue weighted by atomic mass is 32.1. The summed E-state index contributed by atoms with van der Waals surface area (Å²) in [5.41, 5.74) is 0.528. The quantitative estimate of drug-likeness (QED) is 0.869. The minimum atomic E-state index is -0.948. The van der Waals surface area contributed by atoms with Gasteiger partial charge in [-0.25, -0.2) is 9.78 Å². The molecule has 1 heterocycles. The molecule has 17 heavy (non-hydrogen) atoms. The van der Waals surface area contributed by atoms with E-state index in [1.165, 1.54) is 0 Å². The van der Waals surface area contributed by atoms with E-state index >= 15 is 0 Å². The minimum absolute atomic E-state index is 0.104.